The Morgan fingerprint density at radius 1 is 1.44 bits per heavy atom. The SMILES string of the molecule is Nc1ccccc1C(O)CN1CCC(O)C1. The Kier molecular flexibility index (Phi) is 3.43. The third-order valence-electron chi connectivity index (χ3n) is 3.03. The van der Waals surface area contributed by atoms with Gasteiger partial charge in [-0.2, -0.15) is 0 Å². The summed E-state index contributed by atoms with van der Waals surface area (Å²) in [5.74, 6) is 0. The molecule has 16 heavy (non-hydrogen) atoms. The van der Waals surface area contributed by atoms with Crippen LogP contribution in [0.1, 0.15) is 18.1 Å². The van der Waals surface area contributed by atoms with Crippen LogP contribution in [0.3, 0.4) is 0 Å². The van der Waals surface area contributed by atoms with E-state index in [-0.39, 0.29) is 6.10 Å². The van der Waals surface area contributed by atoms with Crippen molar-refractivity contribution in [1.82, 2.24) is 4.90 Å². The number of hydrogen-bond acceptors (Lipinski definition) is 4. The lowest BCUT2D eigenvalue weighted by molar-refractivity contribution is 0.114. The van der Waals surface area contributed by atoms with Gasteiger partial charge in [-0.15, -0.1) is 0 Å². The maximum atomic E-state index is 10.0. The molecule has 0 aromatic heterocycles. The number of benzene rings is 1. The lowest BCUT2D eigenvalue weighted by atomic mass is 10.1. The van der Waals surface area contributed by atoms with Crippen molar-refractivity contribution in [3.8, 4) is 0 Å². The van der Waals surface area contributed by atoms with Crippen LogP contribution in [-0.2, 0) is 0 Å². The number of aliphatic hydroxyl groups excluding tert-OH is 2. The molecule has 2 unspecified atom stereocenters. The number of nitrogens with zero attached hydrogens (tertiary/aromatic N) is 1. The lowest BCUT2D eigenvalue weighted by Crippen LogP contribution is -2.27. The summed E-state index contributed by atoms with van der Waals surface area (Å²) >= 11 is 0. The number of aliphatic hydroxyl groups is 2. The van der Waals surface area contributed by atoms with E-state index in [1.165, 1.54) is 0 Å². The third-order valence-corrected chi connectivity index (χ3v) is 3.03. The van der Waals surface area contributed by atoms with Gasteiger partial charge in [-0.05, 0) is 12.5 Å². The smallest absolute Gasteiger partial charge is 0.0936 e. The lowest BCUT2D eigenvalue weighted by Gasteiger charge is -2.20. The summed E-state index contributed by atoms with van der Waals surface area (Å²) in [6.45, 7) is 2.01. The van der Waals surface area contributed by atoms with E-state index in [1.807, 2.05) is 18.2 Å². The molecule has 0 amide bonds. The van der Waals surface area contributed by atoms with Crippen molar-refractivity contribution in [2.45, 2.75) is 18.6 Å². The highest BCUT2D eigenvalue weighted by Crippen LogP contribution is 2.22. The van der Waals surface area contributed by atoms with Gasteiger partial charge >= 0.3 is 0 Å². The molecule has 0 saturated carbocycles. The van der Waals surface area contributed by atoms with Crippen molar-refractivity contribution in [2.24, 2.45) is 0 Å². The maximum absolute atomic E-state index is 10.0. The molecular weight excluding hydrogens is 204 g/mol. The van der Waals surface area contributed by atoms with Gasteiger partial charge < -0.3 is 15.9 Å². The fraction of sp³-hybridized carbons (Fsp3) is 0.500. The molecule has 4 nitrogen and oxygen atoms in total. The second-order valence-corrected chi connectivity index (χ2v) is 4.35. The monoisotopic (exact) mass is 222 g/mol. The van der Waals surface area contributed by atoms with Crippen molar-refractivity contribution in [3.05, 3.63) is 29.8 Å². The Labute approximate surface area is 95.3 Å². The number of nitrogen functional groups attached to an aromatic ring is 1. The van der Waals surface area contributed by atoms with E-state index in [9.17, 15) is 10.2 Å². The van der Waals surface area contributed by atoms with Crippen LogP contribution in [0.25, 0.3) is 0 Å². The molecule has 1 saturated heterocycles. The first-order valence-corrected chi connectivity index (χ1v) is 5.59. The predicted octanol–water partition coefficient (Wildman–Crippen LogP) is 0.369. The number of anilines is 1. The van der Waals surface area contributed by atoms with Crippen LogP contribution in [0, 0.1) is 0 Å². The van der Waals surface area contributed by atoms with Crippen molar-refractivity contribution in [1.29, 1.82) is 0 Å². The summed E-state index contributed by atoms with van der Waals surface area (Å²) in [5.41, 5.74) is 7.18. The average Bonchev–Trinajstić information content (AvgIpc) is 2.64. The van der Waals surface area contributed by atoms with Gasteiger partial charge in [0.15, 0.2) is 0 Å². The minimum Gasteiger partial charge on any atom is -0.398 e. The molecule has 2 rings (SSSR count). The van der Waals surface area contributed by atoms with Crippen LogP contribution in [0.15, 0.2) is 24.3 Å². The highest BCUT2D eigenvalue weighted by Gasteiger charge is 2.23. The molecule has 0 bridgehead atoms. The molecule has 4 heteroatoms. The van der Waals surface area contributed by atoms with Crippen LogP contribution in [-0.4, -0.2) is 40.9 Å². The van der Waals surface area contributed by atoms with Crippen LogP contribution in [0.2, 0.25) is 0 Å². The summed E-state index contributed by atoms with van der Waals surface area (Å²) < 4.78 is 0. The minimum absolute atomic E-state index is 0.250. The van der Waals surface area contributed by atoms with Gasteiger partial charge in [0.2, 0.25) is 0 Å². The first kappa shape index (κ1) is 11.4. The Balaban J connectivity index is 1.98. The molecule has 4 N–H and O–H groups in total. The average molecular weight is 222 g/mol. The topological polar surface area (TPSA) is 69.7 Å². The summed E-state index contributed by atoms with van der Waals surface area (Å²) in [5, 5.41) is 19.4. The van der Waals surface area contributed by atoms with Crippen molar-refractivity contribution in [3.63, 3.8) is 0 Å². The number of likely N-dealkylation sites (tertiary alicyclic amines) is 1. The van der Waals surface area contributed by atoms with Crippen LogP contribution < -0.4 is 5.73 Å². The van der Waals surface area contributed by atoms with E-state index in [2.05, 4.69) is 4.90 Å². The summed E-state index contributed by atoms with van der Waals surface area (Å²) in [4.78, 5) is 2.06. The van der Waals surface area contributed by atoms with E-state index in [4.69, 9.17) is 5.73 Å². The van der Waals surface area contributed by atoms with Crippen molar-refractivity contribution in [2.75, 3.05) is 25.4 Å². The maximum Gasteiger partial charge on any atom is 0.0936 e. The molecular formula is C12H18N2O2. The molecule has 1 aromatic rings. The quantitative estimate of drug-likeness (QED) is 0.646. The van der Waals surface area contributed by atoms with Gasteiger partial charge in [-0.25, -0.2) is 0 Å². The van der Waals surface area contributed by atoms with E-state index >= 15 is 0 Å². The molecule has 2 atom stereocenters. The Bertz CT molecular complexity index is 357. The van der Waals surface area contributed by atoms with E-state index < -0.39 is 6.10 Å². The van der Waals surface area contributed by atoms with Gasteiger partial charge in [-0.3, -0.25) is 4.90 Å². The standard InChI is InChI=1S/C12H18N2O2/c13-11-4-2-1-3-10(11)12(16)8-14-6-5-9(15)7-14/h1-4,9,12,15-16H,5-8,13H2. The Hall–Kier alpha value is -1.10. The summed E-state index contributed by atoms with van der Waals surface area (Å²) in [7, 11) is 0. The summed E-state index contributed by atoms with van der Waals surface area (Å²) in [6.07, 6.45) is -0.0383. The molecule has 0 aliphatic carbocycles. The minimum atomic E-state index is -0.577. The highest BCUT2D eigenvalue weighted by atomic mass is 16.3. The zero-order chi connectivity index (χ0) is 11.5. The van der Waals surface area contributed by atoms with Gasteiger partial charge in [0, 0.05) is 30.9 Å². The third kappa shape index (κ3) is 2.52. The van der Waals surface area contributed by atoms with E-state index in [0.29, 0.717) is 18.8 Å². The van der Waals surface area contributed by atoms with Gasteiger partial charge in [0.1, 0.15) is 0 Å². The van der Waals surface area contributed by atoms with Crippen LogP contribution in [0.5, 0.6) is 0 Å². The van der Waals surface area contributed by atoms with E-state index in [0.717, 1.165) is 18.5 Å². The largest absolute Gasteiger partial charge is 0.398 e. The van der Waals surface area contributed by atoms with Crippen molar-refractivity contribution >= 4 is 5.69 Å². The molecule has 1 aliphatic heterocycles. The summed E-state index contributed by atoms with van der Waals surface area (Å²) in [6, 6.07) is 7.35. The highest BCUT2D eigenvalue weighted by molar-refractivity contribution is 5.47. The van der Waals surface area contributed by atoms with Crippen LogP contribution in [0.4, 0.5) is 5.69 Å². The molecule has 1 heterocycles. The van der Waals surface area contributed by atoms with Gasteiger partial charge in [0.05, 0.1) is 12.2 Å². The second kappa shape index (κ2) is 4.82. The fourth-order valence-electron chi connectivity index (χ4n) is 2.14. The zero-order valence-corrected chi connectivity index (χ0v) is 9.21. The van der Waals surface area contributed by atoms with Gasteiger partial charge in [0.25, 0.3) is 0 Å². The van der Waals surface area contributed by atoms with E-state index in [1.54, 1.807) is 6.07 Å². The molecule has 0 radical (unpaired) electrons. The molecule has 0 spiro atoms. The Morgan fingerprint density at radius 2 is 2.19 bits per heavy atom. The first-order chi connectivity index (χ1) is 7.66. The number of rotatable bonds is 3. The molecule has 1 aliphatic rings. The Morgan fingerprint density at radius 3 is 2.81 bits per heavy atom. The molecule has 88 valence electrons. The molecule has 1 fully saturated rings. The van der Waals surface area contributed by atoms with Crippen molar-refractivity contribution < 1.29 is 10.2 Å². The number of β-amino-alcohol motifs (C(OH)–C–C–N with tert-alkyl or cyclic N) is 2. The predicted molar refractivity (Wildman–Crippen MR) is 62.9 cm³/mol. The second-order valence-electron chi connectivity index (χ2n) is 4.35. The zero-order valence-electron chi connectivity index (χ0n) is 9.21. The normalized spacial score (nSPS) is 23.5. The number of para-hydroxylation sites is 1. The van der Waals surface area contributed by atoms with Crippen LogP contribution >= 0.6 is 0 Å². The number of nitrogens with two attached hydrogens (primary N) is 1. The first-order valence-electron chi connectivity index (χ1n) is 5.59. The fourth-order valence-corrected chi connectivity index (χ4v) is 2.14. The number of hydrogen-bond donors (Lipinski definition) is 3. The molecule has 1 aromatic carbocycles. The van der Waals surface area contributed by atoms with Gasteiger partial charge in [-0.1, -0.05) is 18.2 Å².